The van der Waals surface area contributed by atoms with Crippen LogP contribution in [0.4, 0.5) is 0 Å². The zero-order valence-electron chi connectivity index (χ0n) is 13.5. The van der Waals surface area contributed by atoms with Crippen LogP contribution in [-0.2, 0) is 28.8 Å². The first kappa shape index (κ1) is 20.2. The van der Waals surface area contributed by atoms with Crippen molar-refractivity contribution in [2.75, 3.05) is 0 Å². The summed E-state index contributed by atoms with van der Waals surface area (Å²) in [5.41, 5.74) is 4.15. The third-order valence-corrected chi connectivity index (χ3v) is 2.45. The van der Waals surface area contributed by atoms with Crippen LogP contribution in [0.3, 0.4) is 0 Å². The van der Waals surface area contributed by atoms with Crippen LogP contribution in [0.2, 0.25) is 0 Å². The Morgan fingerprint density at radius 2 is 0.957 bits per heavy atom. The summed E-state index contributed by atoms with van der Waals surface area (Å²) in [5.74, 6) is -3.87. The molecule has 0 aliphatic rings. The molecule has 0 spiro atoms. The summed E-state index contributed by atoms with van der Waals surface area (Å²) in [5, 5.41) is 1.12. The van der Waals surface area contributed by atoms with Crippen LogP contribution >= 0.6 is 0 Å². The monoisotopic (exact) mass is 328 g/mol. The lowest BCUT2D eigenvalue weighted by Crippen LogP contribution is -2.49. The normalized spacial score (nSPS) is 9.57. The van der Waals surface area contributed by atoms with Gasteiger partial charge in [-0.15, -0.1) is 0 Å². The minimum absolute atomic E-state index is 0.0321. The number of imide groups is 2. The Morgan fingerprint density at radius 3 is 1.17 bits per heavy atom. The van der Waals surface area contributed by atoms with E-state index in [0.29, 0.717) is 10.0 Å². The molecule has 0 rings (SSSR count). The Labute approximate surface area is 133 Å². The smallest absolute Gasteiger partial charge is 0.248 e. The maximum absolute atomic E-state index is 11.8. The third kappa shape index (κ3) is 7.69. The summed E-state index contributed by atoms with van der Waals surface area (Å²) in [6.45, 7) is 4.50. The van der Waals surface area contributed by atoms with Crippen molar-refractivity contribution in [3.05, 3.63) is 0 Å². The van der Waals surface area contributed by atoms with Gasteiger partial charge in [0.05, 0.1) is 0 Å². The van der Waals surface area contributed by atoms with Crippen molar-refractivity contribution in [1.82, 2.24) is 20.9 Å². The van der Waals surface area contributed by atoms with E-state index in [-0.39, 0.29) is 19.3 Å². The van der Waals surface area contributed by atoms with Crippen molar-refractivity contribution in [3.8, 4) is 0 Å². The van der Waals surface area contributed by atoms with E-state index in [0.717, 1.165) is 27.7 Å². The maximum atomic E-state index is 11.8. The second-order valence-electron chi connectivity index (χ2n) is 4.69. The highest BCUT2D eigenvalue weighted by Gasteiger charge is 2.22. The quantitative estimate of drug-likeness (QED) is 0.637. The molecule has 0 aromatic carbocycles. The van der Waals surface area contributed by atoms with E-state index < -0.39 is 35.4 Å². The molecular weight excluding hydrogens is 308 g/mol. The van der Waals surface area contributed by atoms with Gasteiger partial charge in [0.1, 0.15) is 0 Å². The number of nitrogens with zero attached hydrogens (tertiary/aromatic N) is 2. The van der Waals surface area contributed by atoms with E-state index in [1.165, 1.54) is 0 Å². The van der Waals surface area contributed by atoms with Crippen LogP contribution in [0.5, 0.6) is 0 Å². The number of hydrogen-bond acceptors (Lipinski definition) is 6. The van der Waals surface area contributed by atoms with Gasteiger partial charge in [0, 0.05) is 40.5 Å². The first-order valence-electron chi connectivity index (χ1n) is 6.77. The highest BCUT2D eigenvalue weighted by atomic mass is 16.2. The SMILES string of the molecule is CC(=O)NN(C(C)=O)C(=O)CCCC(=O)N(NC(C)=O)C(C)=O. The molecule has 6 amide bonds. The number of hydrogen-bond donors (Lipinski definition) is 2. The number of rotatable bonds is 4. The molecule has 10 heteroatoms. The number of carbonyl (C=O) groups excluding carboxylic acids is 6. The molecule has 0 unspecified atom stereocenters. The largest absolute Gasteiger partial charge is 0.274 e. The van der Waals surface area contributed by atoms with Gasteiger partial charge in [-0.1, -0.05) is 0 Å². The van der Waals surface area contributed by atoms with Gasteiger partial charge in [-0.05, 0) is 6.42 Å². The molecule has 0 atom stereocenters. The van der Waals surface area contributed by atoms with Crippen molar-refractivity contribution < 1.29 is 28.8 Å². The Bertz CT molecular complexity index is 485. The summed E-state index contributed by atoms with van der Waals surface area (Å²) in [6.07, 6.45) is -0.362. The van der Waals surface area contributed by atoms with E-state index in [1.807, 2.05) is 0 Å². The van der Waals surface area contributed by atoms with Crippen LogP contribution in [0.25, 0.3) is 0 Å². The highest BCUT2D eigenvalue weighted by molar-refractivity contribution is 5.97. The Morgan fingerprint density at radius 1 is 0.652 bits per heavy atom. The van der Waals surface area contributed by atoms with Crippen molar-refractivity contribution in [1.29, 1.82) is 0 Å². The van der Waals surface area contributed by atoms with Crippen LogP contribution in [0.15, 0.2) is 0 Å². The lowest BCUT2D eigenvalue weighted by molar-refractivity contribution is -0.152. The summed E-state index contributed by atoms with van der Waals surface area (Å²) < 4.78 is 0. The van der Waals surface area contributed by atoms with Crippen molar-refractivity contribution >= 4 is 35.4 Å². The molecule has 0 fully saturated rings. The number of carbonyl (C=O) groups is 6. The molecule has 0 heterocycles. The third-order valence-electron chi connectivity index (χ3n) is 2.45. The molecule has 128 valence electrons. The average Bonchev–Trinajstić information content (AvgIpc) is 2.40. The first-order valence-corrected chi connectivity index (χ1v) is 6.77. The van der Waals surface area contributed by atoms with Gasteiger partial charge in [-0.3, -0.25) is 39.6 Å². The van der Waals surface area contributed by atoms with Gasteiger partial charge < -0.3 is 0 Å². The molecule has 0 radical (unpaired) electrons. The molecule has 0 bridgehead atoms. The van der Waals surface area contributed by atoms with Gasteiger partial charge in [0.15, 0.2) is 0 Å². The minimum Gasteiger partial charge on any atom is -0.274 e. The molecule has 10 nitrogen and oxygen atoms in total. The zero-order chi connectivity index (χ0) is 18.2. The summed E-state index contributed by atoms with van der Waals surface area (Å²) in [4.78, 5) is 68.0. The topological polar surface area (TPSA) is 133 Å². The van der Waals surface area contributed by atoms with Gasteiger partial charge in [-0.2, -0.15) is 10.0 Å². The zero-order valence-corrected chi connectivity index (χ0v) is 13.5. The molecule has 2 N–H and O–H groups in total. The lowest BCUT2D eigenvalue weighted by Gasteiger charge is -2.20. The fourth-order valence-corrected chi connectivity index (χ4v) is 1.56. The highest BCUT2D eigenvalue weighted by Crippen LogP contribution is 2.03. The van der Waals surface area contributed by atoms with E-state index in [4.69, 9.17) is 0 Å². The predicted molar refractivity (Wildman–Crippen MR) is 76.5 cm³/mol. The van der Waals surface area contributed by atoms with Crippen LogP contribution in [-0.4, -0.2) is 45.5 Å². The lowest BCUT2D eigenvalue weighted by atomic mass is 10.2. The van der Waals surface area contributed by atoms with Gasteiger partial charge in [-0.25, -0.2) is 0 Å². The van der Waals surface area contributed by atoms with Crippen molar-refractivity contribution in [2.45, 2.75) is 47.0 Å². The second-order valence-corrected chi connectivity index (χ2v) is 4.69. The van der Waals surface area contributed by atoms with Crippen molar-refractivity contribution in [3.63, 3.8) is 0 Å². The molecule has 0 aliphatic heterocycles. The fraction of sp³-hybridized carbons (Fsp3) is 0.538. The minimum atomic E-state index is -0.686. The van der Waals surface area contributed by atoms with Crippen molar-refractivity contribution in [2.24, 2.45) is 0 Å². The summed E-state index contributed by atoms with van der Waals surface area (Å²) in [7, 11) is 0. The van der Waals surface area contributed by atoms with Gasteiger partial charge in [0.2, 0.25) is 35.4 Å². The van der Waals surface area contributed by atoms with Crippen LogP contribution in [0, 0.1) is 0 Å². The standard InChI is InChI=1S/C13H20N4O6/c1-8(18)14-16(10(3)20)12(22)6-5-7-13(23)17(11(4)21)15-9(2)19/h5-7H2,1-4H3,(H,14,18)(H,15,19). The number of amides is 6. The molecule has 23 heavy (non-hydrogen) atoms. The maximum Gasteiger partial charge on any atom is 0.248 e. The Balaban J connectivity index is 4.56. The number of nitrogens with one attached hydrogen (secondary N) is 2. The fourth-order valence-electron chi connectivity index (χ4n) is 1.56. The molecule has 0 saturated carbocycles. The van der Waals surface area contributed by atoms with E-state index >= 15 is 0 Å². The first-order chi connectivity index (χ1) is 10.6. The second kappa shape index (κ2) is 9.28. The molecule has 0 aliphatic carbocycles. The number of hydrazine groups is 2. The van der Waals surface area contributed by atoms with Gasteiger partial charge in [0.25, 0.3) is 0 Å². The van der Waals surface area contributed by atoms with Gasteiger partial charge >= 0.3 is 0 Å². The Kier molecular flexibility index (Phi) is 8.16. The average molecular weight is 328 g/mol. The van der Waals surface area contributed by atoms with E-state index in [1.54, 1.807) is 0 Å². The van der Waals surface area contributed by atoms with E-state index in [9.17, 15) is 28.8 Å². The molecule has 0 aromatic heterocycles. The van der Waals surface area contributed by atoms with E-state index in [2.05, 4.69) is 10.9 Å². The predicted octanol–water partition coefficient (Wildman–Crippen LogP) is -0.991. The molecule has 0 aromatic rings. The van der Waals surface area contributed by atoms with Crippen LogP contribution in [0.1, 0.15) is 47.0 Å². The van der Waals surface area contributed by atoms with Crippen LogP contribution < -0.4 is 10.9 Å². The Hall–Kier alpha value is -2.78. The molecule has 0 saturated heterocycles. The summed E-state index contributed by atoms with van der Waals surface area (Å²) >= 11 is 0. The molecular formula is C13H20N4O6. The summed E-state index contributed by atoms with van der Waals surface area (Å²) in [6, 6.07) is 0.